The average Bonchev–Trinajstić information content (AvgIpc) is 3.91. The summed E-state index contributed by atoms with van der Waals surface area (Å²) >= 11 is 0. The van der Waals surface area contributed by atoms with Crippen LogP contribution in [0.25, 0.3) is 34.0 Å². The zero-order valence-electron chi connectivity index (χ0n) is 27.5. The Kier molecular flexibility index (Phi) is 6.96. The quantitative estimate of drug-likeness (QED) is 0.198. The fourth-order valence-electron chi connectivity index (χ4n) is 8.05. The summed E-state index contributed by atoms with van der Waals surface area (Å²) in [6, 6.07) is 31.1. The van der Waals surface area contributed by atoms with Crippen LogP contribution in [0, 0.1) is 5.92 Å². The van der Waals surface area contributed by atoms with Crippen molar-refractivity contribution in [3.05, 3.63) is 140 Å². The molecule has 0 radical (unpaired) electrons. The maximum atomic E-state index is 5.22. The van der Waals surface area contributed by atoms with Crippen molar-refractivity contribution in [1.82, 2.24) is 49.0 Å². The molecule has 6 heterocycles. The van der Waals surface area contributed by atoms with Crippen molar-refractivity contribution in [2.75, 3.05) is 10.2 Å². The molecule has 0 bridgehead atoms. The normalized spacial score (nSPS) is 20.0. The number of imidazole rings is 2. The maximum Gasteiger partial charge on any atom is 0.198 e. The molecule has 5 aromatic heterocycles. The van der Waals surface area contributed by atoms with Crippen LogP contribution in [0.2, 0.25) is 0 Å². The van der Waals surface area contributed by atoms with Crippen molar-refractivity contribution < 1.29 is 0 Å². The lowest BCUT2D eigenvalue weighted by atomic mass is 9.72. The molecule has 2 aliphatic rings. The lowest BCUT2D eigenvalue weighted by molar-refractivity contribution is 0.251. The molecule has 3 unspecified atom stereocenters. The van der Waals surface area contributed by atoms with E-state index in [0.29, 0.717) is 11.3 Å². The number of nitrogens with zero attached hydrogens (tertiary/aromatic N) is 11. The van der Waals surface area contributed by atoms with Gasteiger partial charge < -0.3 is 10.2 Å². The number of hydrogen-bond acceptors (Lipinski definition) is 10. The standard InChI is InChI=1S/C39H32N12/c1-4-10-28(11-5-1)49-34(46-31-37(49)43-19-16-40-31)25-22-26(35-47-32-38(44-20-17-41-32)50(35)29-12-6-2-7-13-29)24-27(23-25)36-48-33-39(45-21-18-42-33)51(36)30-14-8-3-9-15-30/h1-21,25-27,34H,22-24H2,(H,40,46). The van der Waals surface area contributed by atoms with Gasteiger partial charge >= 0.3 is 0 Å². The molecule has 3 aromatic carbocycles. The van der Waals surface area contributed by atoms with Gasteiger partial charge in [0.2, 0.25) is 0 Å². The summed E-state index contributed by atoms with van der Waals surface area (Å²) in [5.41, 5.74) is 5.81. The molecule has 3 atom stereocenters. The molecule has 51 heavy (non-hydrogen) atoms. The van der Waals surface area contributed by atoms with E-state index in [1.165, 1.54) is 0 Å². The second-order valence-electron chi connectivity index (χ2n) is 13.1. The first kappa shape index (κ1) is 29.4. The van der Waals surface area contributed by atoms with E-state index < -0.39 is 0 Å². The Morgan fingerprint density at radius 1 is 0.490 bits per heavy atom. The van der Waals surface area contributed by atoms with E-state index in [1.54, 1.807) is 37.2 Å². The Labute approximate surface area is 293 Å². The number of anilines is 3. The minimum absolute atomic E-state index is 0.0268. The van der Waals surface area contributed by atoms with Crippen LogP contribution in [-0.2, 0) is 0 Å². The topological polar surface area (TPSA) is 128 Å². The van der Waals surface area contributed by atoms with Gasteiger partial charge in [0, 0.05) is 66.1 Å². The zero-order valence-corrected chi connectivity index (χ0v) is 27.5. The highest BCUT2D eigenvalue weighted by Crippen LogP contribution is 2.50. The van der Waals surface area contributed by atoms with Gasteiger partial charge in [-0.25, -0.2) is 39.9 Å². The van der Waals surface area contributed by atoms with Crippen LogP contribution in [0.15, 0.2) is 128 Å². The van der Waals surface area contributed by atoms with Gasteiger partial charge in [0.15, 0.2) is 34.2 Å². The third-order valence-corrected chi connectivity index (χ3v) is 10.1. The number of nitrogens with one attached hydrogen (secondary N) is 1. The van der Waals surface area contributed by atoms with E-state index in [4.69, 9.17) is 29.9 Å². The predicted molar refractivity (Wildman–Crippen MR) is 194 cm³/mol. The molecule has 1 N–H and O–H groups in total. The summed E-state index contributed by atoms with van der Waals surface area (Å²) < 4.78 is 4.37. The molecule has 1 aliphatic heterocycles. The Bertz CT molecular complexity index is 2360. The van der Waals surface area contributed by atoms with E-state index in [-0.39, 0.29) is 23.9 Å². The summed E-state index contributed by atoms with van der Waals surface area (Å²) in [6.45, 7) is 0. The molecular formula is C39H32N12. The van der Waals surface area contributed by atoms with Gasteiger partial charge in [0.25, 0.3) is 0 Å². The second-order valence-corrected chi connectivity index (χ2v) is 13.1. The number of fused-ring (bicyclic) bond motifs is 3. The van der Waals surface area contributed by atoms with Crippen molar-refractivity contribution in [2.45, 2.75) is 37.3 Å². The fraction of sp³-hybridized carbons (Fsp3) is 0.179. The molecule has 10 rings (SSSR count). The first-order valence-electron chi connectivity index (χ1n) is 17.2. The van der Waals surface area contributed by atoms with Crippen LogP contribution < -0.4 is 10.2 Å². The third-order valence-electron chi connectivity index (χ3n) is 10.1. The largest absolute Gasteiger partial charge is 0.346 e. The Balaban J connectivity index is 1.15. The summed E-state index contributed by atoms with van der Waals surface area (Å²) in [4.78, 5) is 41.1. The van der Waals surface area contributed by atoms with Crippen molar-refractivity contribution >= 4 is 39.9 Å². The van der Waals surface area contributed by atoms with E-state index >= 15 is 0 Å². The maximum absolute atomic E-state index is 5.22. The lowest BCUT2D eigenvalue weighted by Crippen LogP contribution is -2.42. The molecule has 8 aromatic rings. The van der Waals surface area contributed by atoms with Crippen molar-refractivity contribution in [1.29, 1.82) is 0 Å². The van der Waals surface area contributed by atoms with Crippen molar-refractivity contribution in [3.8, 4) is 11.4 Å². The van der Waals surface area contributed by atoms with Crippen LogP contribution >= 0.6 is 0 Å². The number of rotatable bonds is 6. The molecule has 12 nitrogen and oxygen atoms in total. The van der Waals surface area contributed by atoms with E-state index in [0.717, 1.165) is 70.9 Å². The van der Waals surface area contributed by atoms with E-state index in [1.807, 2.05) is 42.5 Å². The predicted octanol–water partition coefficient (Wildman–Crippen LogP) is 6.99. The molecule has 0 saturated heterocycles. The molecule has 1 aliphatic carbocycles. The van der Waals surface area contributed by atoms with Crippen molar-refractivity contribution in [2.24, 2.45) is 5.92 Å². The molecule has 0 spiro atoms. The zero-order chi connectivity index (χ0) is 33.7. The Hall–Kier alpha value is -6.56. The SMILES string of the molecule is c1ccc(N2c3nccnc3NC2C2CC(c3nc4nccnc4n3-c3ccccc3)CC(c3nc4nccnc4n3-c3ccccc3)C2)cc1. The molecule has 1 saturated carbocycles. The van der Waals surface area contributed by atoms with Gasteiger partial charge in [-0.2, -0.15) is 0 Å². The molecule has 0 amide bonds. The highest BCUT2D eigenvalue weighted by Gasteiger charge is 2.44. The number of para-hydroxylation sites is 3. The Morgan fingerprint density at radius 2 is 0.961 bits per heavy atom. The van der Waals surface area contributed by atoms with Gasteiger partial charge in [-0.3, -0.25) is 9.13 Å². The van der Waals surface area contributed by atoms with Gasteiger partial charge in [0.05, 0.1) is 0 Å². The molecule has 12 heteroatoms. The van der Waals surface area contributed by atoms with Crippen LogP contribution in [0.3, 0.4) is 0 Å². The lowest BCUT2D eigenvalue weighted by Gasteiger charge is -2.40. The first-order chi connectivity index (χ1) is 25.3. The average molecular weight is 669 g/mol. The van der Waals surface area contributed by atoms with Crippen molar-refractivity contribution in [3.63, 3.8) is 0 Å². The number of hydrogen-bond donors (Lipinski definition) is 1. The number of aromatic nitrogens is 10. The third kappa shape index (κ3) is 4.98. The van der Waals surface area contributed by atoms with Crippen LogP contribution in [0.5, 0.6) is 0 Å². The van der Waals surface area contributed by atoms with Gasteiger partial charge in [0.1, 0.15) is 17.8 Å². The monoisotopic (exact) mass is 668 g/mol. The van der Waals surface area contributed by atoms with Crippen LogP contribution in [0.4, 0.5) is 17.3 Å². The summed E-state index contributed by atoms with van der Waals surface area (Å²) in [7, 11) is 0. The van der Waals surface area contributed by atoms with Crippen LogP contribution in [-0.4, -0.2) is 55.2 Å². The molecule has 248 valence electrons. The minimum atomic E-state index is -0.119. The molecular weight excluding hydrogens is 637 g/mol. The summed E-state index contributed by atoms with van der Waals surface area (Å²) in [6.07, 6.45) is 12.8. The first-order valence-corrected chi connectivity index (χ1v) is 17.2. The van der Waals surface area contributed by atoms with Crippen LogP contribution in [0.1, 0.15) is 42.7 Å². The highest BCUT2D eigenvalue weighted by molar-refractivity contribution is 5.77. The van der Waals surface area contributed by atoms with Gasteiger partial charge in [-0.1, -0.05) is 54.6 Å². The van der Waals surface area contributed by atoms with E-state index in [2.05, 4.69) is 77.8 Å². The van der Waals surface area contributed by atoms with Gasteiger partial charge in [-0.15, -0.1) is 0 Å². The fourth-order valence-corrected chi connectivity index (χ4v) is 8.05. The molecule has 1 fully saturated rings. The second kappa shape index (κ2) is 12.1. The number of benzene rings is 3. The highest BCUT2D eigenvalue weighted by atomic mass is 15.4. The minimum Gasteiger partial charge on any atom is -0.346 e. The van der Waals surface area contributed by atoms with Gasteiger partial charge in [-0.05, 0) is 61.6 Å². The summed E-state index contributed by atoms with van der Waals surface area (Å²) in [5, 5.41) is 3.79. The van der Waals surface area contributed by atoms with E-state index in [9.17, 15) is 0 Å². The smallest absolute Gasteiger partial charge is 0.198 e. The Morgan fingerprint density at radius 3 is 1.51 bits per heavy atom. The summed E-state index contributed by atoms with van der Waals surface area (Å²) in [5.74, 6) is 3.65.